The summed E-state index contributed by atoms with van der Waals surface area (Å²) in [4.78, 5) is 23.1. The van der Waals surface area contributed by atoms with Gasteiger partial charge >= 0.3 is 5.97 Å². The Kier molecular flexibility index (Phi) is 4.80. The van der Waals surface area contributed by atoms with E-state index in [2.05, 4.69) is 5.32 Å². The summed E-state index contributed by atoms with van der Waals surface area (Å²) in [6.45, 7) is 0. The van der Waals surface area contributed by atoms with Crippen LogP contribution in [-0.4, -0.2) is 34.2 Å². The maximum Gasteiger partial charge on any atom is 0.326 e. The van der Waals surface area contributed by atoms with Crippen molar-refractivity contribution < 1.29 is 19.8 Å². The summed E-state index contributed by atoms with van der Waals surface area (Å²) in [6.07, 6.45) is 2.42. The van der Waals surface area contributed by atoms with Gasteiger partial charge in [-0.2, -0.15) is 0 Å². The monoisotopic (exact) mass is 292 g/mol. The van der Waals surface area contributed by atoms with Gasteiger partial charge in [-0.1, -0.05) is 12.1 Å². The lowest BCUT2D eigenvalue weighted by Crippen LogP contribution is -2.44. The van der Waals surface area contributed by atoms with Gasteiger partial charge in [-0.3, -0.25) is 4.79 Å². The highest BCUT2D eigenvalue weighted by Gasteiger charge is 2.30. The number of carboxylic acid groups (broad SMARTS) is 1. The number of rotatable bonds is 7. The van der Waals surface area contributed by atoms with Crippen LogP contribution in [0.4, 0.5) is 0 Å². The molecule has 6 nitrogen and oxygen atoms in total. The SMILES string of the molecule is NC(CC(=O)NC(Cc1ccc(O)cc1)C(=O)O)C1CC1. The lowest BCUT2D eigenvalue weighted by atomic mass is 10.0. The van der Waals surface area contributed by atoms with Crippen LogP contribution in [0.1, 0.15) is 24.8 Å². The third kappa shape index (κ3) is 4.75. The van der Waals surface area contributed by atoms with Gasteiger partial charge in [0, 0.05) is 18.9 Å². The minimum atomic E-state index is -1.09. The van der Waals surface area contributed by atoms with Gasteiger partial charge in [0.25, 0.3) is 0 Å². The van der Waals surface area contributed by atoms with Gasteiger partial charge in [0.05, 0.1) is 0 Å². The van der Waals surface area contributed by atoms with Crippen molar-refractivity contribution in [3.63, 3.8) is 0 Å². The van der Waals surface area contributed by atoms with Crippen LogP contribution in [0.5, 0.6) is 5.75 Å². The molecular weight excluding hydrogens is 272 g/mol. The van der Waals surface area contributed by atoms with E-state index < -0.39 is 12.0 Å². The first-order valence-corrected chi connectivity index (χ1v) is 7.01. The van der Waals surface area contributed by atoms with E-state index in [-0.39, 0.29) is 30.5 Å². The van der Waals surface area contributed by atoms with E-state index in [1.165, 1.54) is 12.1 Å². The molecule has 1 fully saturated rings. The molecule has 1 aromatic carbocycles. The van der Waals surface area contributed by atoms with Crippen molar-refractivity contribution in [3.8, 4) is 5.75 Å². The fraction of sp³-hybridized carbons (Fsp3) is 0.467. The molecule has 1 aromatic rings. The van der Waals surface area contributed by atoms with Gasteiger partial charge in [-0.05, 0) is 36.5 Å². The molecule has 0 saturated heterocycles. The lowest BCUT2D eigenvalue weighted by molar-refractivity contribution is -0.141. The average Bonchev–Trinajstić information content (AvgIpc) is 3.24. The smallest absolute Gasteiger partial charge is 0.326 e. The molecule has 0 aliphatic heterocycles. The molecule has 0 heterocycles. The number of hydrogen-bond donors (Lipinski definition) is 4. The number of amides is 1. The Morgan fingerprint density at radius 2 is 1.90 bits per heavy atom. The molecule has 1 saturated carbocycles. The average molecular weight is 292 g/mol. The molecule has 1 aliphatic rings. The van der Waals surface area contributed by atoms with Crippen molar-refractivity contribution in [1.82, 2.24) is 5.32 Å². The number of carbonyl (C=O) groups is 2. The number of phenols is 1. The molecule has 0 spiro atoms. The van der Waals surface area contributed by atoms with Gasteiger partial charge in [0.2, 0.25) is 5.91 Å². The Hall–Kier alpha value is -2.08. The Morgan fingerprint density at radius 3 is 2.43 bits per heavy atom. The molecule has 0 bridgehead atoms. The van der Waals surface area contributed by atoms with Crippen LogP contribution in [0.2, 0.25) is 0 Å². The maximum absolute atomic E-state index is 11.9. The summed E-state index contributed by atoms with van der Waals surface area (Å²) < 4.78 is 0. The summed E-state index contributed by atoms with van der Waals surface area (Å²) in [6, 6.07) is 5.06. The molecule has 114 valence electrons. The summed E-state index contributed by atoms with van der Waals surface area (Å²) in [7, 11) is 0. The highest BCUT2D eigenvalue weighted by molar-refractivity contribution is 5.84. The Morgan fingerprint density at radius 1 is 1.29 bits per heavy atom. The van der Waals surface area contributed by atoms with E-state index >= 15 is 0 Å². The first-order valence-electron chi connectivity index (χ1n) is 7.01. The number of carbonyl (C=O) groups excluding carboxylic acids is 1. The molecule has 6 heteroatoms. The minimum Gasteiger partial charge on any atom is -0.508 e. The molecule has 1 aliphatic carbocycles. The minimum absolute atomic E-state index is 0.116. The van der Waals surface area contributed by atoms with E-state index in [1.807, 2.05) is 0 Å². The number of carboxylic acids is 1. The van der Waals surface area contributed by atoms with Gasteiger partial charge in [0.1, 0.15) is 11.8 Å². The topological polar surface area (TPSA) is 113 Å². The predicted octanol–water partition coefficient (Wildman–Crippen LogP) is 0.631. The van der Waals surface area contributed by atoms with Crippen LogP contribution in [-0.2, 0) is 16.0 Å². The molecule has 0 radical (unpaired) electrons. The normalized spacial score (nSPS) is 17.0. The van der Waals surface area contributed by atoms with E-state index in [0.29, 0.717) is 5.92 Å². The molecule has 2 atom stereocenters. The van der Waals surface area contributed by atoms with Gasteiger partial charge in [-0.25, -0.2) is 4.79 Å². The van der Waals surface area contributed by atoms with E-state index in [9.17, 15) is 19.8 Å². The molecule has 2 rings (SSSR count). The number of phenolic OH excluding ortho intramolecular Hbond substituents is 1. The summed E-state index contributed by atoms with van der Waals surface area (Å²) in [5, 5.41) is 20.9. The van der Waals surface area contributed by atoms with Crippen LogP contribution in [0.15, 0.2) is 24.3 Å². The van der Waals surface area contributed by atoms with Crippen molar-refractivity contribution in [2.45, 2.75) is 37.8 Å². The first kappa shape index (κ1) is 15.3. The third-order valence-corrected chi connectivity index (χ3v) is 3.66. The lowest BCUT2D eigenvalue weighted by Gasteiger charge is -2.16. The number of nitrogens with two attached hydrogens (primary N) is 1. The van der Waals surface area contributed by atoms with E-state index in [0.717, 1.165) is 18.4 Å². The standard InChI is InChI=1S/C15H20N2O4/c16-12(10-3-4-10)8-14(19)17-13(15(20)21)7-9-1-5-11(18)6-2-9/h1-2,5-6,10,12-13,18H,3-4,7-8,16H2,(H,17,19)(H,20,21). The molecule has 0 aromatic heterocycles. The van der Waals surface area contributed by atoms with Crippen LogP contribution in [0.3, 0.4) is 0 Å². The highest BCUT2D eigenvalue weighted by Crippen LogP contribution is 2.32. The largest absolute Gasteiger partial charge is 0.508 e. The second-order valence-electron chi connectivity index (χ2n) is 5.53. The van der Waals surface area contributed by atoms with Crippen molar-refractivity contribution in [2.75, 3.05) is 0 Å². The highest BCUT2D eigenvalue weighted by atomic mass is 16.4. The molecular formula is C15H20N2O4. The summed E-state index contributed by atoms with van der Waals surface area (Å²) in [5.41, 5.74) is 6.59. The maximum atomic E-state index is 11.9. The number of nitrogens with one attached hydrogen (secondary N) is 1. The zero-order chi connectivity index (χ0) is 15.4. The zero-order valence-corrected chi connectivity index (χ0v) is 11.7. The van der Waals surface area contributed by atoms with Crippen LogP contribution >= 0.6 is 0 Å². The number of benzene rings is 1. The molecule has 21 heavy (non-hydrogen) atoms. The second kappa shape index (κ2) is 6.58. The van der Waals surface area contributed by atoms with Crippen LogP contribution in [0, 0.1) is 5.92 Å². The molecule has 5 N–H and O–H groups in total. The zero-order valence-electron chi connectivity index (χ0n) is 11.7. The quantitative estimate of drug-likeness (QED) is 0.589. The fourth-order valence-electron chi connectivity index (χ4n) is 2.23. The number of hydrogen-bond acceptors (Lipinski definition) is 4. The van der Waals surface area contributed by atoms with Crippen LogP contribution < -0.4 is 11.1 Å². The van der Waals surface area contributed by atoms with Gasteiger partial charge < -0.3 is 21.3 Å². The van der Waals surface area contributed by atoms with Gasteiger partial charge in [-0.15, -0.1) is 0 Å². The Bertz CT molecular complexity index is 511. The second-order valence-corrected chi connectivity index (χ2v) is 5.53. The van der Waals surface area contributed by atoms with E-state index in [4.69, 9.17) is 5.73 Å². The van der Waals surface area contributed by atoms with E-state index in [1.54, 1.807) is 12.1 Å². The Labute approximate surface area is 123 Å². The Balaban J connectivity index is 1.90. The summed E-state index contributed by atoms with van der Waals surface area (Å²) in [5.74, 6) is -0.904. The number of aromatic hydroxyl groups is 1. The van der Waals surface area contributed by atoms with Crippen molar-refractivity contribution in [2.24, 2.45) is 11.7 Å². The predicted molar refractivity (Wildman–Crippen MR) is 76.7 cm³/mol. The summed E-state index contributed by atoms with van der Waals surface area (Å²) >= 11 is 0. The van der Waals surface area contributed by atoms with Crippen LogP contribution in [0.25, 0.3) is 0 Å². The van der Waals surface area contributed by atoms with Crippen molar-refractivity contribution in [1.29, 1.82) is 0 Å². The van der Waals surface area contributed by atoms with Gasteiger partial charge in [0.15, 0.2) is 0 Å². The third-order valence-electron chi connectivity index (χ3n) is 3.66. The first-order chi connectivity index (χ1) is 9.95. The van der Waals surface area contributed by atoms with Crippen molar-refractivity contribution >= 4 is 11.9 Å². The molecule has 2 unspecified atom stereocenters. The molecule has 1 amide bonds. The number of aliphatic carboxylic acids is 1. The van der Waals surface area contributed by atoms with Crippen molar-refractivity contribution in [3.05, 3.63) is 29.8 Å². The fourth-order valence-corrected chi connectivity index (χ4v) is 2.23.